The number of aromatic nitrogens is 3. The van der Waals surface area contributed by atoms with E-state index in [0.717, 1.165) is 17.0 Å². The molecule has 21 heavy (non-hydrogen) atoms. The van der Waals surface area contributed by atoms with E-state index in [2.05, 4.69) is 9.97 Å². The van der Waals surface area contributed by atoms with Gasteiger partial charge in [0.2, 0.25) is 17.5 Å². The largest absolute Gasteiger partial charge is 0.482 e. The summed E-state index contributed by atoms with van der Waals surface area (Å²) in [6, 6.07) is 9.32. The molecule has 0 bridgehead atoms. The molecule has 0 aliphatic heterocycles. The Morgan fingerprint density at radius 1 is 1.05 bits per heavy atom. The Kier molecular flexibility index (Phi) is 3.43. The molecule has 0 N–H and O–H groups in total. The molecule has 3 rings (SSSR count). The Morgan fingerprint density at radius 3 is 2.38 bits per heavy atom. The molecule has 3 aromatic rings. The molecule has 0 amide bonds. The number of hydrogen-bond donors (Lipinski definition) is 0. The Balaban J connectivity index is 2.32. The summed E-state index contributed by atoms with van der Waals surface area (Å²) in [4.78, 5) is 8.84. The van der Waals surface area contributed by atoms with Crippen LogP contribution in [0.5, 0.6) is 11.8 Å². The summed E-state index contributed by atoms with van der Waals surface area (Å²) in [5.41, 5.74) is 2.78. The zero-order valence-corrected chi connectivity index (χ0v) is 12.7. The number of aryl methyl sites for hydroxylation is 1. The van der Waals surface area contributed by atoms with Crippen LogP contribution in [0.4, 0.5) is 0 Å². The topological polar surface area (TPSA) is 48.7 Å². The van der Waals surface area contributed by atoms with Crippen molar-refractivity contribution in [2.24, 2.45) is 0 Å². The third-order valence-electron chi connectivity index (χ3n) is 3.25. The van der Waals surface area contributed by atoms with E-state index in [1.807, 2.05) is 35.6 Å². The molecule has 0 saturated heterocycles. The maximum atomic E-state index is 5.95. The molecule has 5 nitrogen and oxygen atoms in total. The van der Waals surface area contributed by atoms with Crippen molar-refractivity contribution in [3.63, 3.8) is 0 Å². The molecule has 0 aliphatic rings. The number of methoxy groups -OCH3 is 2. The molecule has 0 aliphatic carbocycles. The van der Waals surface area contributed by atoms with Crippen LogP contribution in [0, 0.1) is 6.92 Å². The molecule has 0 unspecified atom stereocenters. The van der Waals surface area contributed by atoms with Crippen LogP contribution in [0.15, 0.2) is 30.3 Å². The normalized spacial score (nSPS) is 10.9. The minimum atomic E-state index is 0.465. The SMILES string of the molecule is COc1cc(OC)n2c(-c3ccc(Cl)cc3)c(C)nc2n1. The summed E-state index contributed by atoms with van der Waals surface area (Å²) >= 11 is 5.95. The number of fused-ring (bicyclic) bond motifs is 1. The van der Waals surface area contributed by atoms with Crippen molar-refractivity contribution >= 4 is 17.4 Å². The summed E-state index contributed by atoms with van der Waals surface area (Å²) in [6.45, 7) is 1.94. The lowest BCUT2D eigenvalue weighted by atomic mass is 10.1. The number of ether oxygens (including phenoxy) is 2. The highest BCUT2D eigenvalue weighted by atomic mass is 35.5. The van der Waals surface area contributed by atoms with Crippen LogP contribution in [0.2, 0.25) is 5.02 Å². The van der Waals surface area contributed by atoms with Gasteiger partial charge in [-0.15, -0.1) is 0 Å². The van der Waals surface area contributed by atoms with E-state index >= 15 is 0 Å². The van der Waals surface area contributed by atoms with Crippen LogP contribution >= 0.6 is 11.6 Å². The lowest BCUT2D eigenvalue weighted by Crippen LogP contribution is -2.00. The van der Waals surface area contributed by atoms with Crippen molar-refractivity contribution in [3.05, 3.63) is 41.0 Å². The van der Waals surface area contributed by atoms with Gasteiger partial charge in [-0.3, -0.25) is 0 Å². The zero-order valence-electron chi connectivity index (χ0n) is 11.9. The number of hydrogen-bond acceptors (Lipinski definition) is 4. The lowest BCUT2D eigenvalue weighted by molar-refractivity contribution is 0.370. The van der Waals surface area contributed by atoms with Crippen molar-refractivity contribution in [2.45, 2.75) is 6.92 Å². The second-order valence-electron chi connectivity index (χ2n) is 4.53. The molecule has 0 radical (unpaired) electrons. The number of nitrogens with zero attached hydrogens (tertiary/aromatic N) is 3. The highest BCUT2D eigenvalue weighted by Crippen LogP contribution is 2.30. The quantitative estimate of drug-likeness (QED) is 0.744. The van der Waals surface area contributed by atoms with E-state index in [1.54, 1.807) is 20.3 Å². The second-order valence-corrected chi connectivity index (χ2v) is 4.97. The van der Waals surface area contributed by atoms with Gasteiger partial charge in [0.15, 0.2) is 0 Å². The van der Waals surface area contributed by atoms with Crippen LogP contribution < -0.4 is 9.47 Å². The van der Waals surface area contributed by atoms with Crippen molar-refractivity contribution < 1.29 is 9.47 Å². The van der Waals surface area contributed by atoms with E-state index in [4.69, 9.17) is 21.1 Å². The highest BCUT2D eigenvalue weighted by molar-refractivity contribution is 6.30. The zero-order chi connectivity index (χ0) is 15.0. The maximum Gasteiger partial charge on any atom is 0.240 e. The fourth-order valence-corrected chi connectivity index (χ4v) is 2.43. The minimum absolute atomic E-state index is 0.465. The first kappa shape index (κ1) is 13.7. The third kappa shape index (κ3) is 2.29. The lowest BCUT2D eigenvalue weighted by Gasteiger charge is -2.09. The van der Waals surface area contributed by atoms with E-state index in [0.29, 0.717) is 22.6 Å². The summed E-state index contributed by atoms with van der Waals surface area (Å²) in [5.74, 6) is 1.61. The predicted octanol–water partition coefficient (Wildman–Crippen LogP) is 3.38. The number of imidazole rings is 1. The van der Waals surface area contributed by atoms with Crippen LogP contribution in [-0.4, -0.2) is 28.6 Å². The average Bonchev–Trinajstić information content (AvgIpc) is 2.83. The third-order valence-corrected chi connectivity index (χ3v) is 3.50. The predicted molar refractivity (Wildman–Crippen MR) is 81.3 cm³/mol. The van der Waals surface area contributed by atoms with Gasteiger partial charge in [-0.2, -0.15) is 4.98 Å². The summed E-state index contributed by atoms with van der Waals surface area (Å²) in [6.07, 6.45) is 0. The summed E-state index contributed by atoms with van der Waals surface area (Å²) < 4.78 is 12.5. The van der Waals surface area contributed by atoms with Gasteiger partial charge in [-0.25, -0.2) is 9.38 Å². The van der Waals surface area contributed by atoms with E-state index in [9.17, 15) is 0 Å². The fraction of sp³-hybridized carbons (Fsp3) is 0.200. The fourth-order valence-electron chi connectivity index (χ4n) is 2.30. The van der Waals surface area contributed by atoms with Crippen molar-refractivity contribution in [1.82, 2.24) is 14.4 Å². The molecule has 2 aromatic heterocycles. The second kappa shape index (κ2) is 5.26. The number of halogens is 1. The van der Waals surface area contributed by atoms with Crippen molar-refractivity contribution in [3.8, 4) is 23.0 Å². The van der Waals surface area contributed by atoms with Crippen molar-refractivity contribution in [1.29, 1.82) is 0 Å². The van der Waals surface area contributed by atoms with Gasteiger partial charge in [-0.1, -0.05) is 23.7 Å². The molecular weight excluding hydrogens is 290 g/mol. The van der Waals surface area contributed by atoms with Gasteiger partial charge >= 0.3 is 0 Å². The molecule has 0 saturated carbocycles. The van der Waals surface area contributed by atoms with Crippen molar-refractivity contribution in [2.75, 3.05) is 14.2 Å². The Hall–Kier alpha value is -2.27. The molecule has 108 valence electrons. The number of rotatable bonds is 3. The molecule has 0 spiro atoms. The van der Waals surface area contributed by atoms with Gasteiger partial charge in [0.25, 0.3) is 0 Å². The standard InChI is InChI=1S/C15H14ClN3O2/c1-9-14(10-4-6-11(16)7-5-10)19-13(21-3)8-12(20-2)18-15(19)17-9/h4-8H,1-3H3. The first-order valence-electron chi connectivity index (χ1n) is 6.38. The Morgan fingerprint density at radius 2 is 1.76 bits per heavy atom. The maximum absolute atomic E-state index is 5.95. The smallest absolute Gasteiger partial charge is 0.240 e. The van der Waals surface area contributed by atoms with Crippen LogP contribution in [0.25, 0.3) is 17.0 Å². The van der Waals surface area contributed by atoms with Gasteiger partial charge in [-0.05, 0) is 19.1 Å². The minimum Gasteiger partial charge on any atom is -0.482 e. The molecule has 6 heteroatoms. The van der Waals surface area contributed by atoms with E-state index in [1.165, 1.54) is 0 Å². The first-order valence-corrected chi connectivity index (χ1v) is 6.76. The first-order chi connectivity index (χ1) is 10.1. The van der Waals surface area contributed by atoms with Crippen LogP contribution in [-0.2, 0) is 0 Å². The van der Waals surface area contributed by atoms with Crippen LogP contribution in [0.3, 0.4) is 0 Å². The van der Waals surface area contributed by atoms with E-state index in [-0.39, 0.29) is 0 Å². The van der Waals surface area contributed by atoms with E-state index < -0.39 is 0 Å². The average molecular weight is 304 g/mol. The summed E-state index contributed by atoms with van der Waals surface area (Å²) in [7, 11) is 3.17. The molecule has 1 aromatic carbocycles. The molecular formula is C15H14ClN3O2. The van der Waals surface area contributed by atoms with Gasteiger partial charge in [0, 0.05) is 10.6 Å². The molecule has 0 atom stereocenters. The molecule has 2 heterocycles. The highest BCUT2D eigenvalue weighted by Gasteiger charge is 2.17. The Labute approximate surface area is 127 Å². The van der Waals surface area contributed by atoms with Gasteiger partial charge in [0.05, 0.1) is 31.7 Å². The Bertz CT molecular complexity index is 797. The number of benzene rings is 1. The van der Waals surface area contributed by atoms with Gasteiger partial charge < -0.3 is 9.47 Å². The van der Waals surface area contributed by atoms with Gasteiger partial charge in [0.1, 0.15) is 0 Å². The summed E-state index contributed by atoms with van der Waals surface area (Å²) in [5, 5.41) is 0.692. The monoisotopic (exact) mass is 303 g/mol. The molecule has 0 fully saturated rings. The van der Waals surface area contributed by atoms with Crippen LogP contribution in [0.1, 0.15) is 5.69 Å².